The Morgan fingerprint density at radius 1 is 1.23 bits per heavy atom. The van der Waals surface area contributed by atoms with Crippen LogP contribution in [-0.4, -0.2) is 46.4 Å². The zero-order valence-corrected chi connectivity index (χ0v) is 18.5. The van der Waals surface area contributed by atoms with Crippen LogP contribution < -0.4 is 10.6 Å². The van der Waals surface area contributed by atoms with Crippen molar-refractivity contribution >= 4 is 17.0 Å². The second-order valence-electron chi connectivity index (χ2n) is 9.76. The third-order valence-electron chi connectivity index (χ3n) is 7.26. The van der Waals surface area contributed by atoms with E-state index in [-0.39, 0.29) is 6.04 Å². The molecule has 1 aliphatic carbocycles. The summed E-state index contributed by atoms with van der Waals surface area (Å²) in [6, 6.07) is 3.76. The van der Waals surface area contributed by atoms with Crippen LogP contribution in [0.4, 0.5) is 5.95 Å². The highest BCUT2D eigenvalue weighted by Crippen LogP contribution is 2.40. The normalized spacial score (nSPS) is 29.8. The number of ether oxygens (including phenoxy) is 1. The van der Waals surface area contributed by atoms with Gasteiger partial charge in [0.15, 0.2) is 0 Å². The molecule has 0 radical (unpaired) electrons. The van der Waals surface area contributed by atoms with E-state index in [2.05, 4.69) is 46.1 Å². The van der Waals surface area contributed by atoms with Crippen LogP contribution >= 0.6 is 0 Å². The smallest absolute Gasteiger partial charge is 0.241 e. The van der Waals surface area contributed by atoms with Crippen LogP contribution in [-0.2, 0) is 4.74 Å². The maximum atomic E-state index is 5.26. The number of anilines is 1. The first kappa shape index (κ1) is 20.0. The average molecular weight is 410 g/mol. The number of nitrogens with zero attached hydrogens (tertiary/aromatic N) is 3. The van der Waals surface area contributed by atoms with Crippen LogP contribution in [0.1, 0.15) is 76.0 Å². The van der Waals surface area contributed by atoms with E-state index >= 15 is 0 Å². The molecule has 3 aliphatic rings. The zero-order valence-electron chi connectivity index (χ0n) is 18.5. The van der Waals surface area contributed by atoms with Crippen molar-refractivity contribution in [3.8, 4) is 0 Å². The van der Waals surface area contributed by atoms with E-state index in [4.69, 9.17) is 9.84 Å². The summed E-state index contributed by atoms with van der Waals surface area (Å²) in [7, 11) is 1.72. The quantitative estimate of drug-likeness (QED) is 0.741. The van der Waals surface area contributed by atoms with Crippen LogP contribution in [0, 0.1) is 5.92 Å². The Morgan fingerprint density at radius 2 is 2.07 bits per heavy atom. The summed E-state index contributed by atoms with van der Waals surface area (Å²) in [5, 5.41) is 12.1. The molecule has 2 aromatic heterocycles. The van der Waals surface area contributed by atoms with E-state index in [0.717, 1.165) is 17.9 Å². The van der Waals surface area contributed by atoms with Crippen molar-refractivity contribution in [2.24, 2.45) is 5.92 Å². The summed E-state index contributed by atoms with van der Waals surface area (Å²) in [6.45, 7) is 5.11. The Labute approximate surface area is 179 Å². The Hall–Kier alpha value is -1.92. The topological polar surface area (TPSA) is 63.5 Å². The molecule has 0 aromatic carbocycles. The molecule has 4 heterocycles. The van der Waals surface area contributed by atoms with Crippen LogP contribution in [0.2, 0.25) is 0 Å². The summed E-state index contributed by atoms with van der Waals surface area (Å²) in [5.74, 6) is 2.11. The highest BCUT2D eigenvalue weighted by molar-refractivity contribution is 5.80. The first-order chi connectivity index (χ1) is 14.6. The standard InChI is InChI=1S/C24H35N5O/c1-15-4-6-17(7-5-15)22-12-21(18-10-19-8-9-20(11-18)27-19)23-13-25-24(28-29(22)23)26-16(2)14-30-3/h10,12-13,15-17,19-20,27H,4-9,11,14H2,1-3H3,(H,26,28)/t15?,16-,17?,19+,20-/m0/s1. The van der Waals surface area contributed by atoms with Gasteiger partial charge < -0.3 is 15.4 Å². The van der Waals surface area contributed by atoms with Crippen molar-refractivity contribution in [1.29, 1.82) is 0 Å². The maximum Gasteiger partial charge on any atom is 0.241 e. The third-order valence-corrected chi connectivity index (χ3v) is 7.26. The van der Waals surface area contributed by atoms with E-state index in [1.165, 1.54) is 55.4 Å². The van der Waals surface area contributed by atoms with E-state index < -0.39 is 0 Å². The van der Waals surface area contributed by atoms with Gasteiger partial charge in [-0.15, -0.1) is 5.10 Å². The predicted molar refractivity (Wildman–Crippen MR) is 121 cm³/mol. The van der Waals surface area contributed by atoms with Crippen molar-refractivity contribution < 1.29 is 4.74 Å². The van der Waals surface area contributed by atoms with E-state index in [1.54, 1.807) is 7.11 Å². The molecule has 2 fully saturated rings. The molecule has 2 bridgehead atoms. The van der Waals surface area contributed by atoms with Crippen molar-refractivity contribution in [3.63, 3.8) is 0 Å². The maximum absolute atomic E-state index is 5.26. The van der Waals surface area contributed by atoms with Crippen LogP contribution in [0.25, 0.3) is 11.1 Å². The second kappa shape index (κ2) is 8.31. The van der Waals surface area contributed by atoms with E-state index in [9.17, 15) is 0 Å². The molecule has 1 saturated heterocycles. The van der Waals surface area contributed by atoms with E-state index in [1.807, 2.05) is 6.20 Å². The third kappa shape index (κ3) is 3.87. The lowest BCUT2D eigenvalue weighted by molar-refractivity contribution is 0.190. The largest absolute Gasteiger partial charge is 0.383 e. The number of methoxy groups -OCH3 is 1. The van der Waals surface area contributed by atoms with Gasteiger partial charge in [0.1, 0.15) is 0 Å². The van der Waals surface area contributed by atoms with Crippen LogP contribution in [0.15, 0.2) is 18.3 Å². The first-order valence-electron chi connectivity index (χ1n) is 11.7. The number of hydrogen-bond acceptors (Lipinski definition) is 5. The fourth-order valence-corrected chi connectivity index (χ4v) is 5.62. The van der Waals surface area contributed by atoms with Crippen LogP contribution in [0.3, 0.4) is 0 Å². The van der Waals surface area contributed by atoms with Crippen molar-refractivity contribution in [2.45, 2.75) is 82.8 Å². The lowest BCUT2D eigenvalue weighted by atomic mass is 9.81. The van der Waals surface area contributed by atoms with Crippen molar-refractivity contribution in [3.05, 3.63) is 29.6 Å². The summed E-state index contributed by atoms with van der Waals surface area (Å²) in [6.07, 6.45) is 13.3. The van der Waals surface area contributed by atoms with Gasteiger partial charge in [0.2, 0.25) is 5.95 Å². The minimum atomic E-state index is 0.171. The molecule has 5 rings (SSSR count). The SMILES string of the molecule is COC[C@H](C)Nc1ncc2c(C3=C[C@H]4CC[C@@H](C3)N4)cc(C3CCC(C)CC3)n2n1. The minimum Gasteiger partial charge on any atom is -0.383 e. The lowest BCUT2D eigenvalue weighted by Crippen LogP contribution is -2.31. The Bertz CT molecular complexity index is 927. The van der Waals surface area contributed by atoms with Gasteiger partial charge in [0, 0.05) is 42.4 Å². The molecule has 1 saturated carbocycles. The lowest BCUT2D eigenvalue weighted by Gasteiger charge is -2.26. The molecular formula is C24H35N5O. The molecule has 30 heavy (non-hydrogen) atoms. The fourth-order valence-electron chi connectivity index (χ4n) is 5.62. The molecule has 2 aliphatic heterocycles. The number of rotatable bonds is 6. The Balaban J connectivity index is 1.54. The molecule has 3 atom stereocenters. The highest BCUT2D eigenvalue weighted by atomic mass is 16.5. The zero-order chi connectivity index (χ0) is 20.7. The molecule has 6 nitrogen and oxygen atoms in total. The van der Waals surface area contributed by atoms with Gasteiger partial charge in [0.05, 0.1) is 18.3 Å². The summed E-state index contributed by atoms with van der Waals surface area (Å²) < 4.78 is 7.45. The van der Waals surface area contributed by atoms with Gasteiger partial charge in [-0.25, -0.2) is 9.50 Å². The Kier molecular flexibility index (Phi) is 5.54. The minimum absolute atomic E-state index is 0.171. The first-order valence-corrected chi connectivity index (χ1v) is 11.7. The average Bonchev–Trinajstić information content (AvgIpc) is 3.28. The summed E-state index contributed by atoms with van der Waals surface area (Å²) in [4.78, 5) is 4.67. The predicted octanol–water partition coefficient (Wildman–Crippen LogP) is 4.38. The van der Waals surface area contributed by atoms with Gasteiger partial charge in [-0.05, 0) is 56.6 Å². The molecule has 2 N–H and O–H groups in total. The molecule has 0 spiro atoms. The monoisotopic (exact) mass is 409 g/mol. The molecular weight excluding hydrogens is 374 g/mol. The van der Waals surface area contributed by atoms with Gasteiger partial charge >= 0.3 is 0 Å². The molecule has 6 heteroatoms. The van der Waals surface area contributed by atoms with Gasteiger partial charge in [-0.1, -0.05) is 25.8 Å². The molecule has 0 unspecified atom stereocenters. The molecule has 0 amide bonds. The van der Waals surface area contributed by atoms with Crippen molar-refractivity contribution in [1.82, 2.24) is 19.9 Å². The highest BCUT2D eigenvalue weighted by Gasteiger charge is 2.31. The Morgan fingerprint density at radius 3 is 2.83 bits per heavy atom. The molecule has 162 valence electrons. The summed E-state index contributed by atoms with van der Waals surface area (Å²) >= 11 is 0. The van der Waals surface area contributed by atoms with Gasteiger partial charge in [0.25, 0.3) is 0 Å². The second-order valence-corrected chi connectivity index (χ2v) is 9.76. The van der Waals surface area contributed by atoms with Crippen molar-refractivity contribution in [2.75, 3.05) is 19.0 Å². The van der Waals surface area contributed by atoms with Gasteiger partial charge in [-0.3, -0.25) is 0 Å². The van der Waals surface area contributed by atoms with E-state index in [0.29, 0.717) is 30.6 Å². The fraction of sp³-hybridized carbons (Fsp3) is 0.667. The number of nitrogens with one attached hydrogen (secondary N) is 2. The number of fused-ring (bicyclic) bond motifs is 3. The molecule has 2 aromatic rings. The number of aromatic nitrogens is 3. The van der Waals surface area contributed by atoms with Crippen LogP contribution in [0.5, 0.6) is 0 Å². The number of hydrogen-bond donors (Lipinski definition) is 2. The summed E-state index contributed by atoms with van der Waals surface area (Å²) in [5.41, 5.74) is 5.34. The van der Waals surface area contributed by atoms with Gasteiger partial charge in [-0.2, -0.15) is 0 Å².